The van der Waals surface area contributed by atoms with Crippen LogP contribution in [0.5, 0.6) is 5.75 Å². The average Bonchev–Trinajstić information content (AvgIpc) is 3.63. The number of aryl methyl sites for hydroxylation is 2. The first-order chi connectivity index (χ1) is 17.5. The molecule has 9 nitrogen and oxygen atoms in total. The van der Waals surface area contributed by atoms with Gasteiger partial charge in [0, 0.05) is 17.7 Å². The number of non-ortho nitro benzene ring substituents is 1. The standard InChI is InChI=1S/C26H20ClN3O6/c27-23-13-18(30(32)33)5-9-22(23)24-10-7-20(35-24)14-28-29-26(31)25-11-8-21(36-25)15-34-19-6-4-16-2-1-3-17(16)12-19/h4-14H,1-3,15H2,(H,29,31). The van der Waals surface area contributed by atoms with E-state index in [0.29, 0.717) is 22.8 Å². The fourth-order valence-electron chi connectivity index (χ4n) is 3.96. The Balaban J connectivity index is 1.15. The number of furan rings is 2. The maximum atomic E-state index is 12.3. The van der Waals surface area contributed by atoms with Gasteiger partial charge in [-0.3, -0.25) is 14.9 Å². The van der Waals surface area contributed by atoms with Crippen molar-refractivity contribution in [1.29, 1.82) is 0 Å². The Morgan fingerprint density at radius 1 is 1.08 bits per heavy atom. The number of fused-ring (bicyclic) bond motifs is 1. The van der Waals surface area contributed by atoms with Gasteiger partial charge in [0.25, 0.3) is 5.69 Å². The SMILES string of the molecule is O=C(NN=Cc1ccc(-c2ccc([N+](=O)[O-])cc2Cl)o1)c1ccc(COc2ccc3c(c2)CCC3)o1. The van der Waals surface area contributed by atoms with Crippen LogP contribution in [0.25, 0.3) is 11.3 Å². The predicted molar refractivity (Wildman–Crippen MR) is 132 cm³/mol. The molecule has 10 heteroatoms. The maximum absolute atomic E-state index is 12.3. The largest absolute Gasteiger partial charge is 0.486 e. The zero-order chi connectivity index (χ0) is 25.1. The monoisotopic (exact) mass is 505 g/mol. The van der Waals surface area contributed by atoms with Crippen molar-refractivity contribution in [3.8, 4) is 17.1 Å². The number of amides is 1. The van der Waals surface area contributed by atoms with E-state index in [1.807, 2.05) is 6.07 Å². The molecule has 0 spiro atoms. The highest BCUT2D eigenvalue weighted by atomic mass is 35.5. The molecule has 0 saturated carbocycles. The van der Waals surface area contributed by atoms with Crippen LogP contribution in [-0.4, -0.2) is 17.0 Å². The molecular weight excluding hydrogens is 486 g/mol. The minimum absolute atomic E-state index is 0.0949. The van der Waals surface area contributed by atoms with Gasteiger partial charge in [-0.25, -0.2) is 5.43 Å². The second-order valence-electron chi connectivity index (χ2n) is 8.16. The summed E-state index contributed by atoms with van der Waals surface area (Å²) in [5.41, 5.74) is 5.46. The predicted octanol–water partition coefficient (Wildman–Crippen LogP) is 5.93. The van der Waals surface area contributed by atoms with E-state index in [1.165, 1.54) is 42.0 Å². The number of nitrogens with zero attached hydrogens (tertiary/aromatic N) is 2. The summed E-state index contributed by atoms with van der Waals surface area (Å²) < 4.78 is 17.0. The highest BCUT2D eigenvalue weighted by Gasteiger charge is 2.15. The van der Waals surface area contributed by atoms with E-state index in [2.05, 4.69) is 22.7 Å². The molecule has 0 aliphatic heterocycles. The van der Waals surface area contributed by atoms with Crippen LogP contribution in [0.4, 0.5) is 5.69 Å². The minimum atomic E-state index is -0.528. The molecule has 0 fully saturated rings. The molecule has 5 rings (SSSR count). The lowest BCUT2D eigenvalue weighted by atomic mass is 10.1. The van der Waals surface area contributed by atoms with E-state index >= 15 is 0 Å². The van der Waals surface area contributed by atoms with Gasteiger partial charge in [0.1, 0.15) is 29.6 Å². The van der Waals surface area contributed by atoms with E-state index in [4.69, 9.17) is 25.2 Å². The molecule has 2 heterocycles. The number of hydrogen-bond acceptors (Lipinski definition) is 7. The molecule has 0 atom stereocenters. The summed E-state index contributed by atoms with van der Waals surface area (Å²) >= 11 is 6.14. The number of hydrogen-bond donors (Lipinski definition) is 1. The van der Waals surface area contributed by atoms with Gasteiger partial charge in [0.15, 0.2) is 5.76 Å². The third-order valence-electron chi connectivity index (χ3n) is 5.75. The molecule has 0 radical (unpaired) electrons. The van der Waals surface area contributed by atoms with E-state index in [9.17, 15) is 14.9 Å². The summed E-state index contributed by atoms with van der Waals surface area (Å²) in [7, 11) is 0. The molecular formula is C26H20ClN3O6. The lowest BCUT2D eigenvalue weighted by Gasteiger charge is -2.06. The third kappa shape index (κ3) is 5.16. The highest BCUT2D eigenvalue weighted by Crippen LogP contribution is 2.32. The quantitative estimate of drug-likeness (QED) is 0.180. The van der Waals surface area contributed by atoms with Crippen LogP contribution in [-0.2, 0) is 19.4 Å². The van der Waals surface area contributed by atoms with E-state index in [0.717, 1.165) is 18.6 Å². The number of nitrogens with one attached hydrogen (secondary N) is 1. The van der Waals surface area contributed by atoms with Crippen molar-refractivity contribution in [2.45, 2.75) is 25.9 Å². The van der Waals surface area contributed by atoms with Crippen LogP contribution in [0.2, 0.25) is 5.02 Å². The lowest BCUT2D eigenvalue weighted by molar-refractivity contribution is -0.384. The number of halogens is 1. The van der Waals surface area contributed by atoms with Crippen molar-refractivity contribution in [3.05, 3.63) is 104 Å². The van der Waals surface area contributed by atoms with Gasteiger partial charge in [-0.2, -0.15) is 5.10 Å². The molecule has 1 aliphatic carbocycles. The molecule has 2 aromatic carbocycles. The summed E-state index contributed by atoms with van der Waals surface area (Å²) in [4.78, 5) is 22.7. The van der Waals surface area contributed by atoms with Crippen LogP contribution in [0.1, 0.15) is 39.6 Å². The fraction of sp³-hybridized carbons (Fsp3) is 0.154. The highest BCUT2D eigenvalue weighted by molar-refractivity contribution is 6.33. The number of hydrazone groups is 1. The number of benzene rings is 2. The normalized spacial score (nSPS) is 12.6. The molecule has 182 valence electrons. The van der Waals surface area contributed by atoms with Gasteiger partial charge in [-0.1, -0.05) is 17.7 Å². The fourth-order valence-corrected chi connectivity index (χ4v) is 4.23. The van der Waals surface area contributed by atoms with Crippen LogP contribution in [0, 0.1) is 10.1 Å². The van der Waals surface area contributed by atoms with Crippen molar-refractivity contribution in [1.82, 2.24) is 5.43 Å². The molecule has 1 N–H and O–H groups in total. The van der Waals surface area contributed by atoms with Crippen LogP contribution >= 0.6 is 11.6 Å². The Hall–Kier alpha value is -4.37. The van der Waals surface area contributed by atoms with Crippen molar-refractivity contribution < 1.29 is 23.3 Å². The van der Waals surface area contributed by atoms with Gasteiger partial charge >= 0.3 is 5.91 Å². The Labute approximate surface area is 210 Å². The topological polar surface area (TPSA) is 120 Å². The number of nitro groups is 1. The zero-order valence-electron chi connectivity index (χ0n) is 18.9. The molecule has 36 heavy (non-hydrogen) atoms. The van der Waals surface area contributed by atoms with E-state index in [1.54, 1.807) is 24.3 Å². The number of nitro benzene ring substituents is 1. The maximum Gasteiger partial charge on any atom is 0.307 e. The smallest absolute Gasteiger partial charge is 0.307 e. The molecule has 2 aromatic heterocycles. The Kier molecular flexibility index (Phi) is 6.55. The van der Waals surface area contributed by atoms with Gasteiger partial charge in [0.05, 0.1) is 16.2 Å². The first-order valence-electron chi connectivity index (χ1n) is 11.2. The third-order valence-corrected chi connectivity index (χ3v) is 6.06. The average molecular weight is 506 g/mol. The molecule has 0 bridgehead atoms. The molecule has 0 unspecified atom stereocenters. The Morgan fingerprint density at radius 2 is 1.94 bits per heavy atom. The lowest BCUT2D eigenvalue weighted by Crippen LogP contribution is -2.16. The molecule has 1 amide bonds. The zero-order valence-corrected chi connectivity index (χ0v) is 19.7. The minimum Gasteiger partial charge on any atom is -0.486 e. The van der Waals surface area contributed by atoms with Gasteiger partial charge in [-0.15, -0.1) is 0 Å². The summed E-state index contributed by atoms with van der Waals surface area (Å²) in [6, 6.07) is 16.7. The van der Waals surface area contributed by atoms with E-state index < -0.39 is 10.8 Å². The summed E-state index contributed by atoms with van der Waals surface area (Å²) in [6.45, 7) is 0.204. The number of carbonyl (C=O) groups excluding carboxylic acids is 1. The van der Waals surface area contributed by atoms with Crippen LogP contribution in [0.15, 0.2) is 74.6 Å². The number of carbonyl (C=O) groups is 1. The molecule has 4 aromatic rings. The van der Waals surface area contributed by atoms with Crippen LogP contribution in [0.3, 0.4) is 0 Å². The van der Waals surface area contributed by atoms with Crippen molar-refractivity contribution in [2.24, 2.45) is 5.10 Å². The van der Waals surface area contributed by atoms with Crippen LogP contribution < -0.4 is 10.2 Å². The summed E-state index contributed by atoms with van der Waals surface area (Å²) in [5.74, 6) is 1.61. The van der Waals surface area contributed by atoms with Gasteiger partial charge in [0.2, 0.25) is 0 Å². The Morgan fingerprint density at radius 3 is 2.78 bits per heavy atom. The van der Waals surface area contributed by atoms with E-state index in [-0.39, 0.29) is 23.1 Å². The second-order valence-corrected chi connectivity index (χ2v) is 8.57. The second kappa shape index (κ2) is 10.1. The first-order valence-corrected chi connectivity index (χ1v) is 11.5. The number of rotatable bonds is 8. The Bertz CT molecular complexity index is 1470. The van der Waals surface area contributed by atoms with Crippen molar-refractivity contribution in [2.75, 3.05) is 0 Å². The number of ether oxygens (including phenoxy) is 1. The van der Waals surface area contributed by atoms with Gasteiger partial charge in [-0.05, 0) is 72.9 Å². The molecule has 1 aliphatic rings. The summed E-state index contributed by atoms with van der Waals surface area (Å²) in [5, 5.41) is 14.9. The van der Waals surface area contributed by atoms with Crippen molar-refractivity contribution >= 4 is 29.4 Å². The first kappa shape index (κ1) is 23.4. The van der Waals surface area contributed by atoms with Crippen molar-refractivity contribution in [3.63, 3.8) is 0 Å². The molecule has 0 saturated heterocycles. The summed E-state index contributed by atoms with van der Waals surface area (Å²) in [6.07, 6.45) is 4.68. The van der Waals surface area contributed by atoms with Gasteiger partial charge < -0.3 is 13.6 Å².